The van der Waals surface area contributed by atoms with E-state index in [-0.39, 0.29) is 6.61 Å². The van der Waals surface area contributed by atoms with Crippen molar-refractivity contribution in [1.82, 2.24) is 4.90 Å². The van der Waals surface area contributed by atoms with Crippen molar-refractivity contribution in [1.29, 1.82) is 0 Å². The van der Waals surface area contributed by atoms with Gasteiger partial charge in [-0.05, 0) is 55.5 Å². The average Bonchev–Trinajstić information content (AvgIpc) is 2.74. The van der Waals surface area contributed by atoms with Gasteiger partial charge in [0.15, 0.2) is 0 Å². The van der Waals surface area contributed by atoms with Crippen LogP contribution in [0.25, 0.3) is 6.08 Å². The first kappa shape index (κ1) is 20.8. The molecule has 2 aliphatic heterocycles. The number of fused-ring (bicyclic) bond motifs is 1. The van der Waals surface area contributed by atoms with E-state index in [4.69, 9.17) is 16.3 Å². The molecule has 0 bridgehead atoms. The van der Waals surface area contributed by atoms with Gasteiger partial charge in [-0.1, -0.05) is 24.3 Å². The SMILES string of the molecule is C=C1C=Cc2cc(OC[C@@H](O)CN3CCN(c4ccc(Cl)cc4)C[C@H]3C)ccc2N1. The molecule has 2 aromatic rings. The Kier molecular flexibility index (Phi) is 6.32. The summed E-state index contributed by atoms with van der Waals surface area (Å²) in [5.74, 6) is 0.757. The number of nitrogens with zero attached hydrogens (tertiary/aromatic N) is 2. The van der Waals surface area contributed by atoms with E-state index in [1.807, 2.05) is 42.5 Å². The third-order valence-corrected chi connectivity index (χ3v) is 5.88. The van der Waals surface area contributed by atoms with Gasteiger partial charge in [0.25, 0.3) is 0 Å². The van der Waals surface area contributed by atoms with Gasteiger partial charge in [-0.25, -0.2) is 0 Å². The average molecular weight is 426 g/mol. The molecule has 0 aliphatic carbocycles. The Hall–Kier alpha value is -2.47. The predicted molar refractivity (Wildman–Crippen MR) is 124 cm³/mol. The Morgan fingerprint density at radius 1 is 1.20 bits per heavy atom. The highest BCUT2D eigenvalue weighted by molar-refractivity contribution is 6.30. The number of rotatable bonds is 6. The van der Waals surface area contributed by atoms with Crippen molar-refractivity contribution in [2.24, 2.45) is 0 Å². The number of aliphatic hydroxyl groups is 1. The molecule has 2 aliphatic rings. The fourth-order valence-electron chi connectivity index (χ4n) is 3.96. The van der Waals surface area contributed by atoms with E-state index in [9.17, 15) is 5.11 Å². The zero-order valence-electron chi connectivity index (χ0n) is 17.2. The lowest BCUT2D eigenvalue weighted by Crippen LogP contribution is -2.54. The molecule has 6 heteroatoms. The fourth-order valence-corrected chi connectivity index (χ4v) is 4.08. The second-order valence-electron chi connectivity index (χ2n) is 7.96. The Morgan fingerprint density at radius 2 is 2.00 bits per heavy atom. The maximum Gasteiger partial charge on any atom is 0.120 e. The largest absolute Gasteiger partial charge is 0.491 e. The van der Waals surface area contributed by atoms with Crippen molar-refractivity contribution in [3.63, 3.8) is 0 Å². The summed E-state index contributed by atoms with van der Waals surface area (Å²) in [6.45, 7) is 9.73. The highest BCUT2D eigenvalue weighted by Crippen LogP contribution is 2.28. The Balaban J connectivity index is 1.27. The number of nitrogens with one attached hydrogen (secondary N) is 1. The Labute approximate surface area is 183 Å². The van der Waals surface area contributed by atoms with Gasteiger partial charge in [0.1, 0.15) is 18.5 Å². The zero-order chi connectivity index (χ0) is 21.1. The number of piperazine rings is 1. The van der Waals surface area contributed by atoms with Crippen LogP contribution in [0.1, 0.15) is 12.5 Å². The molecule has 0 saturated carbocycles. The first-order chi connectivity index (χ1) is 14.5. The van der Waals surface area contributed by atoms with E-state index in [0.29, 0.717) is 12.6 Å². The molecule has 1 fully saturated rings. The molecule has 0 radical (unpaired) electrons. The monoisotopic (exact) mass is 425 g/mol. The number of anilines is 2. The molecular weight excluding hydrogens is 398 g/mol. The first-order valence-electron chi connectivity index (χ1n) is 10.3. The quantitative estimate of drug-likeness (QED) is 0.724. The van der Waals surface area contributed by atoms with E-state index >= 15 is 0 Å². The summed E-state index contributed by atoms with van der Waals surface area (Å²) in [7, 11) is 0. The third-order valence-electron chi connectivity index (χ3n) is 5.63. The zero-order valence-corrected chi connectivity index (χ0v) is 18.0. The molecule has 2 atom stereocenters. The summed E-state index contributed by atoms with van der Waals surface area (Å²) in [5.41, 5.74) is 4.13. The summed E-state index contributed by atoms with van der Waals surface area (Å²) in [6.07, 6.45) is 3.41. The minimum Gasteiger partial charge on any atom is -0.491 e. The number of benzene rings is 2. The van der Waals surface area contributed by atoms with Gasteiger partial charge in [-0.15, -0.1) is 0 Å². The van der Waals surface area contributed by atoms with E-state index in [2.05, 4.69) is 40.8 Å². The number of hydrogen-bond donors (Lipinski definition) is 2. The molecule has 4 rings (SSSR count). The van der Waals surface area contributed by atoms with E-state index in [1.165, 1.54) is 5.69 Å². The number of aliphatic hydroxyl groups excluding tert-OH is 1. The summed E-state index contributed by atoms with van der Waals surface area (Å²) >= 11 is 6.00. The van der Waals surface area contributed by atoms with Crippen LogP contribution < -0.4 is 15.0 Å². The number of allylic oxidation sites excluding steroid dienone is 1. The topological polar surface area (TPSA) is 48.0 Å². The predicted octanol–water partition coefficient (Wildman–Crippen LogP) is 4.24. The van der Waals surface area contributed by atoms with Gasteiger partial charge in [-0.2, -0.15) is 0 Å². The van der Waals surface area contributed by atoms with Crippen LogP contribution in [0.15, 0.2) is 60.8 Å². The molecule has 1 saturated heterocycles. The number of halogens is 1. The molecular formula is C24H28ClN3O2. The summed E-state index contributed by atoms with van der Waals surface area (Å²) in [5, 5.41) is 14.5. The first-order valence-corrected chi connectivity index (χ1v) is 10.7. The molecule has 158 valence electrons. The van der Waals surface area contributed by atoms with Crippen molar-refractivity contribution in [3.05, 3.63) is 71.4 Å². The fraction of sp³-hybridized carbons (Fsp3) is 0.333. The minimum atomic E-state index is -0.543. The van der Waals surface area contributed by atoms with Crippen molar-refractivity contribution < 1.29 is 9.84 Å². The molecule has 30 heavy (non-hydrogen) atoms. The standard InChI is InChI=1S/C24H28ClN3O2/c1-17-3-4-19-13-23(9-10-24(19)26-17)30-16-22(29)15-27-11-12-28(14-18(27)2)21-7-5-20(25)6-8-21/h3-10,13,18,22,26,29H,1,11-12,14-16H2,2H3/t18-,22+/m1/s1. The molecule has 2 aromatic carbocycles. The second-order valence-corrected chi connectivity index (χ2v) is 8.40. The highest BCUT2D eigenvalue weighted by atomic mass is 35.5. The summed E-state index contributed by atoms with van der Waals surface area (Å²) in [6, 6.07) is 14.2. The maximum atomic E-state index is 10.5. The smallest absolute Gasteiger partial charge is 0.120 e. The third kappa shape index (κ3) is 4.98. The van der Waals surface area contributed by atoms with Gasteiger partial charge in [0, 0.05) is 59.9 Å². The van der Waals surface area contributed by atoms with Gasteiger partial charge in [-0.3, -0.25) is 4.90 Å². The molecule has 5 nitrogen and oxygen atoms in total. The van der Waals surface area contributed by atoms with Crippen LogP contribution >= 0.6 is 11.6 Å². The van der Waals surface area contributed by atoms with Crippen LogP contribution in [0.4, 0.5) is 11.4 Å². The lowest BCUT2D eigenvalue weighted by Gasteiger charge is -2.41. The van der Waals surface area contributed by atoms with E-state index < -0.39 is 6.10 Å². The van der Waals surface area contributed by atoms with E-state index in [1.54, 1.807) is 0 Å². The van der Waals surface area contributed by atoms with Crippen LogP contribution in [0.5, 0.6) is 5.75 Å². The Morgan fingerprint density at radius 3 is 2.77 bits per heavy atom. The lowest BCUT2D eigenvalue weighted by molar-refractivity contribution is 0.0512. The van der Waals surface area contributed by atoms with Crippen molar-refractivity contribution in [2.75, 3.05) is 43.0 Å². The van der Waals surface area contributed by atoms with Crippen molar-refractivity contribution >= 4 is 29.1 Å². The van der Waals surface area contributed by atoms with Crippen molar-refractivity contribution in [2.45, 2.75) is 19.1 Å². The van der Waals surface area contributed by atoms with Gasteiger partial charge in [0.05, 0.1) is 0 Å². The van der Waals surface area contributed by atoms with Gasteiger partial charge in [0.2, 0.25) is 0 Å². The number of ether oxygens (including phenoxy) is 1. The van der Waals surface area contributed by atoms with Crippen molar-refractivity contribution in [3.8, 4) is 5.75 Å². The second kappa shape index (κ2) is 9.13. The molecule has 0 amide bonds. The minimum absolute atomic E-state index is 0.271. The maximum absolute atomic E-state index is 10.5. The summed E-state index contributed by atoms with van der Waals surface area (Å²) < 4.78 is 5.86. The van der Waals surface area contributed by atoms with Crippen LogP contribution in [-0.4, -0.2) is 54.9 Å². The highest BCUT2D eigenvalue weighted by Gasteiger charge is 2.25. The molecule has 0 aromatic heterocycles. The molecule has 2 N–H and O–H groups in total. The van der Waals surface area contributed by atoms with Crippen LogP contribution in [0.2, 0.25) is 5.02 Å². The molecule has 2 heterocycles. The van der Waals surface area contributed by atoms with Crippen LogP contribution in [-0.2, 0) is 0 Å². The van der Waals surface area contributed by atoms with Crippen LogP contribution in [0, 0.1) is 0 Å². The van der Waals surface area contributed by atoms with Crippen LogP contribution in [0.3, 0.4) is 0 Å². The summed E-state index contributed by atoms with van der Waals surface area (Å²) in [4.78, 5) is 4.69. The normalized spacial score (nSPS) is 19.9. The Bertz CT molecular complexity index is 929. The molecule has 0 spiro atoms. The van der Waals surface area contributed by atoms with Gasteiger partial charge < -0.3 is 20.1 Å². The lowest BCUT2D eigenvalue weighted by atomic mass is 10.1. The number of β-amino-alcohol motifs (C(OH)–C–C–N with tert-alkyl or cyclic N) is 1. The van der Waals surface area contributed by atoms with E-state index in [0.717, 1.165) is 47.4 Å². The molecule has 0 unspecified atom stereocenters. The van der Waals surface area contributed by atoms with Gasteiger partial charge >= 0.3 is 0 Å². The number of hydrogen-bond acceptors (Lipinski definition) is 5.